The van der Waals surface area contributed by atoms with Crippen LogP contribution < -0.4 is 5.32 Å². The molecule has 0 radical (unpaired) electrons. The van der Waals surface area contributed by atoms with Crippen molar-refractivity contribution in [3.05, 3.63) is 71.7 Å². The van der Waals surface area contributed by atoms with Gasteiger partial charge in [0.15, 0.2) is 5.82 Å². The Bertz CT molecular complexity index is 912. The second-order valence-corrected chi connectivity index (χ2v) is 5.21. The second kappa shape index (κ2) is 6.45. The number of aryl methyl sites for hydroxylation is 1. The zero-order chi connectivity index (χ0) is 17.1. The number of aromatic carboxylic acids is 1. The van der Waals surface area contributed by atoms with Gasteiger partial charge >= 0.3 is 5.97 Å². The molecule has 0 aliphatic carbocycles. The summed E-state index contributed by atoms with van der Waals surface area (Å²) in [7, 11) is 0. The van der Waals surface area contributed by atoms with Crippen LogP contribution in [0.3, 0.4) is 0 Å². The Morgan fingerprint density at radius 2 is 1.88 bits per heavy atom. The number of rotatable bonds is 4. The van der Waals surface area contributed by atoms with E-state index in [2.05, 4.69) is 15.3 Å². The lowest BCUT2D eigenvalue weighted by molar-refractivity contribution is 0.0697. The first kappa shape index (κ1) is 15.6. The van der Waals surface area contributed by atoms with E-state index in [1.807, 2.05) is 0 Å². The van der Waals surface area contributed by atoms with Gasteiger partial charge in [0.05, 0.1) is 11.1 Å². The molecule has 0 spiro atoms. The number of aromatic nitrogens is 2. The molecule has 24 heavy (non-hydrogen) atoms. The third-order valence-corrected chi connectivity index (χ3v) is 3.35. The standard InChI is InChI=1S/C18H14FN3O2/c1-11-9-16(21-13-6-4-5-12(10-13)18(23)24)22-17(20-11)14-7-2-3-8-15(14)19/h2-10H,1H3,(H,23,24)(H,20,21,22). The van der Waals surface area contributed by atoms with Gasteiger partial charge < -0.3 is 10.4 Å². The van der Waals surface area contributed by atoms with Gasteiger partial charge in [0.25, 0.3) is 0 Å². The van der Waals surface area contributed by atoms with Crippen LogP contribution in [0.25, 0.3) is 11.4 Å². The van der Waals surface area contributed by atoms with E-state index >= 15 is 0 Å². The molecule has 0 fully saturated rings. The average molecular weight is 323 g/mol. The third-order valence-electron chi connectivity index (χ3n) is 3.35. The van der Waals surface area contributed by atoms with Crippen molar-refractivity contribution < 1.29 is 14.3 Å². The van der Waals surface area contributed by atoms with Crippen LogP contribution in [0.1, 0.15) is 16.1 Å². The Morgan fingerprint density at radius 3 is 2.62 bits per heavy atom. The van der Waals surface area contributed by atoms with Crippen molar-refractivity contribution >= 4 is 17.5 Å². The van der Waals surface area contributed by atoms with Crippen molar-refractivity contribution in [1.82, 2.24) is 9.97 Å². The van der Waals surface area contributed by atoms with E-state index in [1.165, 1.54) is 18.2 Å². The number of hydrogen-bond donors (Lipinski definition) is 2. The zero-order valence-corrected chi connectivity index (χ0v) is 12.8. The summed E-state index contributed by atoms with van der Waals surface area (Å²) in [6.45, 7) is 1.78. The number of carboxylic acids is 1. The molecular formula is C18H14FN3O2. The smallest absolute Gasteiger partial charge is 0.335 e. The maximum Gasteiger partial charge on any atom is 0.335 e. The molecule has 6 heteroatoms. The highest BCUT2D eigenvalue weighted by Gasteiger charge is 2.10. The summed E-state index contributed by atoms with van der Waals surface area (Å²) in [4.78, 5) is 19.6. The molecule has 0 amide bonds. The first-order chi connectivity index (χ1) is 11.5. The predicted molar refractivity (Wildman–Crippen MR) is 88.8 cm³/mol. The number of halogens is 1. The number of nitrogens with one attached hydrogen (secondary N) is 1. The highest BCUT2D eigenvalue weighted by molar-refractivity contribution is 5.89. The van der Waals surface area contributed by atoms with Crippen molar-refractivity contribution in [1.29, 1.82) is 0 Å². The summed E-state index contributed by atoms with van der Waals surface area (Å²) < 4.78 is 13.9. The summed E-state index contributed by atoms with van der Waals surface area (Å²) in [5.41, 5.74) is 1.72. The van der Waals surface area contributed by atoms with Crippen molar-refractivity contribution in [3.8, 4) is 11.4 Å². The van der Waals surface area contributed by atoms with Gasteiger partial charge in [0, 0.05) is 17.4 Å². The second-order valence-electron chi connectivity index (χ2n) is 5.21. The number of anilines is 2. The molecule has 2 aromatic carbocycles. The van der Waals surface area contributed by atoms with Crippen molar-refractivity contribution in [2.45, 2.75) is 6.92 Å². The Hall–Kier alpha value is -3.28. The zero-order valence-electron chi connectivity index (χ0n) is 12.8. The number of carbonyl (C=O) groups is 1. The molecule has 2 N–H and O–H groups in total. The summed E-state index contributed by atoms with van der Waals surface area (Å²) in [6, 6.07) is 14.4. The topological polar surface area (TPSA) is 75.1 Å². The number of nitrogens with zero attached hydrogens (tertiary/aromatic N) is 2. The first-order valence-corrected chi connectivity index (χ1v) is 7.24. The van der Waals surface area contributed by atoms with Crippen LogP contribution in [-0.2, 0) is 0 Å². The van der Waals surface area contributed by atoms with Crippen LogP contribution in [0, 0.1) is 12.7 Å². The summed E-state index contributed by atoms with van der Waals surface area (Å²) in [5, 5.41) is 12.1. The molecule has 0 atom stereocenters. The van der Waals surface area contributed by atoms with Crippen LogP contribution >= 0.6 is 0 Å². The van der Waals surface area contributed by atoms with E-state index in [0.717, 1.165) is 0 Å². The van der Waals surface area contributed by atoms with Gasteiger partial charge in [-0.1, -0.05) is 18.2 Å². The Labute approximate surface area is 137 Å². The highest BCUT2D eigenvalue weighted by atomic mass is 19.1. The van der Waals surface area contributed by atoms with Gasteiger partial charge in [-0.05, 0) is 37.3 Å². The van der Waals surface area contributed by atoms with E-state index < -0.39 is 11.8 Å². The maximum atomic E-state index is 13.9. The monoisotopic (exact) mass is 323 g/mol. The van der Waals surface area contributed by atoms with E-state index in [1.54, 1.807) is 43.3 Å². The fourth-order valence-electron chi connectivity index (χ4n) is 2.27. The van der Waals surface area contributed by atoms with Crippen LogP contribution in [-0.4, -0.2) is 21.0 Å². The molecule has 5 nitrogen and oxygen atoms in total. The van der Waals surface area contributed by atoms with Crippen LogP contribution in [0.2, 0.25) is 0 Å². The quantitative estimate of drug-likeness (QED) is 0.758. The lowest BCUT2D eigenvalue weighted by atomic mass is 10.2. The third kappa shape index (κ3) is 3.38. The van der Waals surface area contributed by atoms with Gasteiger partial charge in [-0.3, -0.25) is 0 Å². The molecule has 1 aromatic heterocycles. The van der Waals surface area contributed by atoms with Crippen LogP contribution in [0.5, 0.6) is 0 Å². The van der Waals surface area contributed by atoms with E-state index in [4.69, 9.17) is 5.11 Å². The maximum absolute atomic E-state index is 13.9. The first-order valence-electron chi connectivity index (χ1n) is 7.24. The Balaban J connectivity index is 1.96. The van der Waals surface area contributed by atoms with Crippen molar-refractivity contribution in [2.24, 2.45) is 0 Å². The molecule has 0 saturated carbocycles. The van der Waals surface area contributed by atoms with Gasteiger partial charge in [0.2, 0.25) is 0 Å². The Morgan fingerprint density at radius 1 is 1.08 bits per heavy atom. The summed E-state index contributed by atoms with van der Waals surface area (Å²) in [5.74, 6) is -0.681. The van der Waals surface area contributed by atoms with E-state index in [9.17, 15) is 9.18 Å². The van der Waals surface area contributed by atoms with Crippen LogP contribution in [0.15, 0.2) is 54.6 Å². The number of carboxylic acid groups (broad SMARTS) is 1. The lowest BCUT2D eigenvalue weighted by Crippen LogP contribution is -2.01. The van der Waals surface area contributed by atoms with Crippen molar-refractivity contribution in [3.63, 3.8) is 0 Å². The predicted octanol–water partition coefficient (Wildman–Crippen LogP) is 4.03. The van der Waals surface area contributed by atoms with E-state index in [-0.39, 0.29) is 11.4 Å². The lowest BCUT2D eigenvalue weighted by Gasteiger charge is -2.09. The molecule has 3 rings (SSSR count). The van der Waals surface area contributed by atoms with Crippen LogP contribution in [0.4, 0.5) is 15.9 Å². The summed E-state index contributed by atoms with van der Waals surface area (Å²) >= 11 is 0. The number of hydrogen-bond acceptors (Lipinski definition) is 4. The molecule has 3 aromatic rings. The molecule has 0 bridgehead atoms. The minimum absolute atomic E-state index is 0.167. The minimum atomic E-state index is -1.01. The summed E-state index contributed by atoms with van der Waals surface area (Å²) in [6.07, 6.45) is 0. The minimum Gasteiger partial charge on any atom is -0.478 e. The van der Waals surface area contributed by atoms with Gasteiger partial charge in [0.1, 0.15) is 11.6 Å². The fourth-order valence-corrected chi connectivity index (χ4v) is 2.27. The molecule has 0 unspecified atom stereocenters. The molecule has 120 valence electrons. The van der Waals surface area contributed by atoms with Gasteiger partial charge in [-0.25, -0.2) is 19.2 Å². The number of benzene rings is 2. The SMILES string of the molecule is Cc1cc(Nc2cccc(C(=O)O)c2)nc(-c2ccccc2F)n1. The molecule has 0 saturated heterocycles. The molecule has 1 heterocycles. The Kier molecular flexibility index (Phi) is 4.20. The molecular weight excluding hydrogens is 309 g/mol. The van der Waals surface area contributed by atoms with Crippen molar-refractivity contribution in [2.75, 3.05) is 5.32 Å². The normalized spacial score (nSPS) is 10.4. The molecule has 0 aliphatic heterocycles. The molecule has 0 aliphatic rings. The highest BCUT2D eigenvalue weighted by Crippen LogP contribution is 2.23. The van der Waals surface area contributed by atoms with Gasteiger partial charge in [-0.2, -0.15) is 0 Å². The average Bonchev–Trinajstić information content (AvgIpc) is 2.55. The fraction of sp³-hybridized carbons (Fsp3) is 0.0556. The largest absolute Gasteiger partial charge is 0.478 e. The van der Waals surface area contributed by atoms with E-state index in [0.29, 0.717) is 22.8 Å². The van der Waals surface area contributed by atoms with Gasteiger partial charge in [-0.15, -0.1) is 0 Å².